The molecule has 0 unspecified atom stereocenters. The zero-order valence-corrected chi connectivity index (χ0v) is 15.1. The zero-order valence-electron chi connectivity index (χ0n) is 14.3. The van der Waals surface area contributed by atoms with Gasteiger partial charge in [-0.05, 0) is 30.7 Å². The van der Waals surface area contributed by atoms with E-state index < -0.39 is 22.0 Å². The van der Waals surface area contributed by atoms with Gasteiger partial charge in [-0.15, -0.1) is 0 Å². The van der Waals surface area contributed by atoms with Crippen molar-refractivity contribution < 1.29 is 28.2 Å². The molecule has 0 saturated carbocycles. The first-order valence-corrected chi connectivity index (χ1v) is 9.38. The molecular formula is C18H21NO6S. The first kappa shape index (κ1) is 21.3. The molecule has 2 aromatic carbocycles. The third kappa shape index (κ3) is 6.66. The highest BCUT2D eigenvalue weighted by molar-refractivity contribution is 7.89. The molecule has 0 radical (unpaired) electrons. The molecule has 7 nitrogen and oxygen atoms in total. The topological polar surface area (TPSA) is 121 Å². The number of hydrogen-bond acceptors (Lipinski definition) is 4. The van der Waals surface area contributed by atoms with Crippen LogP contribution >= 0.6 is 0 Å². The van der Waals surface area contributed by atoms with Crippen LogP contribution in [-0.2, 0) is 10.0 Å². The quantitative estimate of drug-likeness (QED) is 0.636. The predicted octanol–water partition coefficient (Wildman–Crippen LogP) is 2.85. The standard InChI is InChI=1S/C10H15NO2S.C8H6O4/c1-2-3-9-11-14(12,13)10-7-5-4-6-8-10;9-7(10)5-3-1-2-4-6(5)8(11)12/h4-8,11H,2-3,9H2,1H3;1-4H,(H,9,10)(H,11,12). The van der Waals surface area contributed by atoms with Crippen LogP contribution in [0.25, 0.3) is 0 Å². The lowest BCUT2D eigenvalue weighted by molar-refractivity contribution is 0.0651. The van der Waals surface area contributed by atoms with Crippen LogP contribution in [-0.4, -0.2) is 37.1 Å². The van der Waals surface area contributed by atoms with E-state index in [9.17, 15) is 18.0 Å². The second-order valence-corrected chi connectivity index (χ2v) is 6.99. The van der Waals surface area contributed by atoms with Crippen molar-refractivity contribution in [3.8, 4) is 0 Å². The Balaban J connectivity index is 0.000000263. The minimum Gasteiger partial charge on any atom is -0.478 e. The van der Waals surface area contributed by atoms with E-state index in [1.807, 2.05) is 6.92 Å². The van der Waals surface area contributed by atoms with Crippen molar-refractivity contribution in [3.05, 3.63) is 65.7 Å². The lowest BCUT2D eigenvalue weighted by Gasteiger charge is -2.04. The number of hydrogen-bond donors (Lipinski definition) is 3. The molecule has 0 atom stereocenters. The normalized spacial score (nSPS) is 10.5. The molecule has 140 valence electrons. The van der Waals surface area contributed by atoms with Crippen molar-refractivity contribution in [3.63, 3.8) is 0 Å². The van der Waals surface area contributed by atoms with Gasteiger partial charge in [0.2, 0.25) is 10.0 Å². The Morgan fingerprint density at radius 3 is 1.77 bits per heavy atom. The van der Waals surface area contributed by atoms with Crippen LogP contribution < -0.4 is 4.72 Å². The fraction of sp³-hybridized carbons (Fsp3) is 0.222. The number of sulfonamides is 1. The molecule has 2 aromatic rings. The van der Waals surface area contributed by atoms with Crippen molar-refractivity contribution in [1.82, 2.24) is 4.72 Å². The molecule has 0 aliphatic rings. The third-order valence-electron chi connectivity index (χ3n) is 3.26. The van der Waals surface area contributed by atoms with Gasteiger partial charge in [-0.1, -0.05) is 43.7 Å². The lowest BCUT2D eigenvalue weighted by atomic mass is 10.1. The monoisotopic (exact) mass is 379 g/mol. The fourth-order valence-corrected chi connectivity index (χ4v) is 3.02. The number of rotatable bonds is 7. The summed E-state index contributed by atoms with van der Waals surface area (Å²) in [5, 5.41) is 17.1. The Morgan fingerprint density at radius 2 is 1.35 bits per heavy atom. The van der Waals surface area contributed by atoms with E-state index in [1.54, 1.807) is 30.3 Å². The number of carboxylic acids is 2. The van der Waals surface area contributed by atoms with E-state index in [0.29, 0.717) is 11.4 Å². The van der Waals surface area contributed by atoms with E-state index >= 15 is 0 Å². The second kappa shape index (κ2) is 10.3. The molecule has 8 heteroatoms. The van der Waals surface area contributed by atoms with Crippen LogP contribution in [0.15, 0.2) is 59.5 Å². The highest BCUT2D eigenvalue weighted by Gasteiger charge is 2.13. The summed E-state index contributed by atoms with van der Waals surface area (Å²) in [5.74, 6) is -2.46. The maximum atomic E-state index is 11.6. The van der Waals surface area contributed by atoms with Gasteiger partial charge in [-0.25, -0.2) is 22.7 Å². The van der Waals surface area contributed by atoms with Crippen molar-refractivity contribution in [2.24, 2.45) is 0 Å². The number of unbranched alkanes of at least 4 members (excludes halogenated alkanes) is 1. The van der Waals surface area contributed by atoms with E-state index in [1.165, 1.54) is 24.3 Å². The maximum Gasteiger partial charge on any atom is 0.336 e. The van der Waals surface area contributed by atoms with Gasteiger partial charge in [0.15, 0.2) is 0 Å². The van der Waals surface area contributed by atoms with Crippen LogP contribution in [0, 0.1) is 0 Å². The highest BCUT2D eigenvalue weighted by Crippen LogP contribution is 2.08. The molecule has 0 aromatic heterocycles. The lowest BCUT2D eigenvalue weighted by Crippen LogP contribution is -2.24. The Hall–Kier alpha value is -2.71. The summed E-state index contributed by atoms with van der Waals surface area (Å²) < 4.78 is 25.7. The van der Waals surface area contributed by atoms with Gasteiger partial charge in [0.05, 0.1) is 16.0 Å². The molecule has 0 aliphatic carbocycles. The van der Waals surface area contributed by atoms with Crippen molar-refractivity contribution in [1.29, 1.82) is 0 Å². The molecular weight excluding hydrogens is 358 g/mol. The van der Waals surface area contributed by atoms with Crippen LogP contribution in [0.4, 0.5) is 0 Å². The molecule has 0 fully saturated rings. The summed E-state index contributed by atoms with van der Waals surface area (Å²) in [6.07, 6.45) is 1.85. The largest absolute Gasteiger partial charge is 0.478 e. The number of aromatic carboxylic acids is 2. The Morgan fingerprint density at radius 1 is 0.885 bits per heavy atom. The van der Waals surface area contributed by atoms with E-state index in [0.717, 1.165) is 12.8 Å². The molecule has 26 heavy (non-hydrogen) atoms. The van der Waals surface area contributed by atoms with Gasteiger partial charge in [0.25, 0.3) is 0 Å². The molecule has 2 rings (SSSR count). The van der Waals surface area contributed by atoms with Gasteiger partial charge in [-0.2, -0.15) is 0 Å². The zero-order chi connectivity index (χ0) is 19.6. The summed E-state index contributed by atoms with van der Waals surface area (Å²) in [7, 11) is -3.28. The molecule has 0 bridgehead atoms. The van der Waals surface area contributed by atoms with Crippen LogP contribution in [0.3, 0.4) is 0 Å². The van der Waals surface area contributed by atoms with Gasteiger partial charge >= 0.3 is 11.9 Å². The Labute approximate surface area is 152 Å². The first-order chi connectivity index (χ1) is 12.3. The van der Waals surface area contributed by atoms with Crippen molar-refractivity contribution in [2.45, 2.75) is 24.7 Å². The summed E-state index contributed by atoms with van der Waals surface area (Å²) in [4.78, 5) is 21.3. The van der Waals surface area contributed by atoms with Gasteiger partial charge in [-0.3, -0.25) is 0 Å². The third-order valence-corrected chi connectivity index (χ3v) is 4.74. The summed E-state index contributed by atoms with van der Waals surface area (Å²) in [6.45, 7) is 2.53. The number of nitrogens with one attached hydrogen (secondary N) is 1. The van der Waals surface area contributed by atoms with E-state index in [-0.39, 0.29) is 11.1 Å². The van der Waals surface area contributed by atoms with E-state index in [2.05, 4.69) is 4.72 Å². The van der Waals surface area contributed by atoms with Crippen molar-refractivity contribution >= 4 is 22.0 Å². The second-order valence-electron chi connectivity index (χ2n) is 5.22. The highest BCUT2D eigenvalue weighted by atomic mass is 32.2. The minimum absolute atomic E-state index is 0.190. The first-order valence-electron chi connectivity index (χ1n) is 7.90. The molecule has 0 amide bonds. The smallest absolute Gasteiger partial charge is 0.336 e. The molecule has 3 N–H and O–H groups in total. The van der Waals surface area contributed by atoms with Crippen LogP contribution in [0.2, 0.25) is 0 Å². The minimum atomic E-state index is -3.28. The van der Waals surface area contributed by atoms with Crippen molar-refractivity contribution in [2.75, 3.05) is 6.54 Å². The van der Waals surface area contributed by atoms with Crippen LogP contribution in [0.1, 0.15) is 40.5 Å². The van der Waals surface area contributed by atoms with Gasteiger partial charge in [0, 0.05) is 6.54 Å². The number of benzene rings is 2. The molecule has 0 aliphatic heterocycles. The average molecular weight is 379 g/mol. The molecule has 0 saturated heterocycles. The van der Waals surface area contributed by atoms with E-state index in [4.69, 9.17) is 10.2 Å². The molecule has 0 spiro atoms. The number of carbonyl (C=O) groups is 2. The maximum absolute atomic E-state index is 11.6. The number of carboxylic acid groups (broad SMARTS) is 2. The summed E-state index contributed by atoms with van der Waals surface area (Å²) >= 11 is 0. The summed E-state index contributed by atoms with van der Waals surface area (Å²) in [5.41, 5.74) is -0.380. The Kier molecular flexibility index (Phi) is 8.47. The van der Waals surface area contributed by atoms with Crippen LogP contribution in [0.5, 0.6) is 0 Å². The van der Waals surface area contributed by atoms with Gasteiger partial charge in [0.1, 0.15) is 0 Å². The fourth-order valence-electron chi connectivity index (χ4n) is 1.92. The predicted molar refractivity (Wildman–Crippen MR) is 96.9 cm³/mol. The molecule has 0 heterocycles. The Bertz CT molecular complexity index is 801. The SMILES string of the molecule is CCCCNS(=O)(=O)c1ccccc1.O=C(O)c1ccccc1C(=O)O. The average Bonchev–Trinajstić information content (AvgIpc) is 2.63. The van der Waals surface area contributed by atoms with Gasteiger partial charge < -0.3 is 10.2 Å². The summed E-state index contributed by atoms with van der Waals surface area (Å²) in [6, 6.07) is 13.9.